The molecule has 1 saturated carbocycles. The van der Waals surface area contributed by atoms with Crippen LogP contribution in [0.2, 0.25) is 0 Å². The molecule has 0 bridgehead atoms. The van der Waals surface area contributed by atoms with E-state index in [0.717, 1.165) is 19.3 Å². The molecule has 1 aliphatic rings. The number of hydrogen-bond acceptors (Lipinski definition) is 2. The Morgan fingerprint density at radius 1 is 1.00 bits per heavy atom. The summed E-state index contributed by atoms with van der Waals surface area (Å²) in [6.45, 7) is 0. The Hall–Kier alpha value is -0.0800. The third-order valence-corrected chi connectivity index (χ3v) is 2.44. The molecule has 1 rings (SSSR count). The van der Waals surface area contributed by atoms with Crippen molar-refractivity contribution < 1.29 is 5.11 Å². The summed E-state index contributed by atoms with van der Waals surface area (Å²) >= 11 is 0. The molecule has 0 radical (unpaired) electrons. The number of hydrogen-bond donors (Lipinski definition) is 2. The van der Waals surface area contributed by atoms with Crippen molar-refractivity contribution >= 4 is 0 Å². The maximum Gasteiger partial charge on any atom is 0.0555 e. The Balaban J connectivity index is 2.27. The van der Waals surface area contributed by atoms with E-state index >= 15 is 0 Å². The van der Waals surface area contributed by atoms with E-state index in [1.807, 2.05) is 0 Å². The molecule has 0 aromatic heterocycles. The van der Waals surface area contributed by atoms with Crippen molar-refractivity contribution in [1.29, 1.82) is 0 Å². The van der Waals surface area contributed by atoms with Crippen molar-refractivity contribution in [1.82, 2.24) is 0 Å². The standard InChI is InChI=1S/C9H19NO/c10-8-5-3-1-2-4-6-9(11)7-8/h8-9,11H,1-7,10H2/t8-,9-/m1/s1. The van der Waals surface area contributed by atoms with Gasteiger partial charge in [0, 0.05) is 6.04 Å². The van der Waals surface area contributed by atoms with Gasteiger partial charge in [0.25, 0.3) is 0 Å². The van der Waals surface area contributed by atoms with Gasteiger partial charge in [-0.05, 0) is 19.3 Å². The predicted molar refractivity (Wildman–Crippen MR) is 46.3 cm³/mol. The van der Waals surface area contributed by atoms with Gasteiger partial charge >= 0.3 is 0 Å². The van der Waals surface area contributed by atoms with Crippen LogP contribution in [0.3, 0.4) is 0 Å². The van der Waals surface area contributed by atoms with Gasteiger partial charge in [-0.3, -0.25) is 0 Å². The second-order valence-corrected chi connectivity index (χ2v) is 3.64. The van der Waals surface area contributed by atoms with Crippen LogP contribution in [0.25, 0.3) is 0 Å². The van der Waals surface area contributed by atoms with Gasteiger partial charge in [0.2, 0.25) is 0 Å². The largest absolute Gasteiger partial charge is 0.393 e. The summed E-state index contributed by atoms with van der Waals surface area (Å²) in [7, 11) is 0. The average molecular weight is 157 g/mol. The van der Waals surface area contributed by atoms with Crippen LogP contribution in [0.1, 0.15) is 44.9 Å². The fourth-order valence-corrected chi connectivity index (χ4v) is 1.73. The molecule has 66 valence electrons. The van der Waals surface area contributed by atoms with Crippen molar-refractivity contribution in [2.45, 2.75) is 57.1 Å². The molecular formula is C9H19NO. The molecule has 0 aromatic rings. The van der Waals surface area contributed by atoms with Gasteiger partial charge in [0.05, 0.1) is 6.10 Å². The first-order valence-corrected chi connectivity index (χ1v) is 4.72. The van der Waals surface area contributed by atoms with Crippen LogP contribution in [0, 0.1) is 0 Å². The zero-order chi connectivity index (χ0) is 8.10. The summed E-state index contributed by atoms with van der Waals surface area (Å²) in [6, 6.07) is 0.239. The average Bonchev–Trinajstić information content (AvgIpc) is 2.02. The summed E-state index contributed by atoms with van der Waals surface area (Å²) in [4.78, 5) is 0. The second kappa shape index (κ2) is 4.73. The summed E-state index contributed by atoms with van der Waals surface area (Å²) in [5, 5.41) is 9.43. The lowest BCUT2D eigenvalue weighted by Crippen LogP contribution is -2.25. The molecule has 0 saturated heterocycles. The van der Waals surface area contributed by atoms with E-state index < -0.39 is 0 Å². The van der Waals surface area contributed by atoms with E-state index in [0.29, 0.717) is 0 Å². The maximum absolute atomic E-state index is 9.43. The molecule has 0 heterocycles. The van der Waals surface area contributed by atoms with E-state index in [1.54, 1.807) is 0 Å². The molecule has 0 aliphatic heterocycles. The molecular weight excluding hydrogens is 138 g/mol. The zero-order valence-electron chi connectivity index (χ0n) is 7.13. The highest BCUT2D eigenvalue weighted by Gasteiger charge is 2.12. The van der Waals surface area contributed by atoms with Gasteiger partial charge < -0.3 is 10.8 Å². The Morgan fingerprint density at radius 3 is 2.36 bits per heavy atom. The maximum atomic E-state index is 9.43. The van der Waals surface area contributed by atoms with Crippen molar-refractivity contribution in [3.8, 4) is 0 Å². The number of aliphatic hydroxyl groups is 1. The monoisotopic (exact) mass is 157 g/mol. The third-order valence-electron chi connectivity index (χ3n) is 2.44. The zero-order valence-corrected chi connectivity index (χ0v) is 7.13. The molecule has 0 aromatic carbocycles. The van der Waals surface area contributed by atoms with E-state index in [4.69, 9.17) is 5.73 Å². The van der Waals surface area contributed by atoms with E-state index in [2.05, 4.69) is 0 Å². The van der Waals surface area contributed by atoms with Crippen LogP contribution in [0.4, 0.5) is 0 Å². The molecule has 0 amide bonds. The SMILES string of the molecule is N[C@@H]1CCCCCC[C@@H](O)C1. The van der Waals surface area contributed by atoms with E-state index in [-0.39, 0.29) is 12.1 Å². The Kier molecular flexibility index (Phi) is 3.87. The summed E-state index contributed by atoms with van der Waals surface area (Å²) in [5.74, 6) is 0. The van der Waals surface area contributed by atoms with Crippen molar-refractivity contribution in [2.75, 3.05) is 0 Å². The fraction of sp³-hybridized carbons (Fsp3) is 1.00. The van der Waals surface area contributed by atoms with Gasteiger partial charge in [0.1, 0.15) is 0 Å². The van der Waals surface area contributed by atoms with Gasteiger partial charge in [-0.25, -0.2) is 0 Å². The van der Waals surface area contributed by atoms with Crippen molar-refractivity contribution in [3.63, 3.8) is 0 Å². The first-order valence-electron chi connectivity index (χ1n) is 4.72. The molecule has 3 N–H and O–H groups in total. The van der Waals surface area contributed by atoms with Crippen LogP contribution >= 0.6 is 0 Å². The Morgan fingerprint density at radius 2 is 1.64 bits per heavy atom. The summed E-state index contributed by atoms with van der Waals surface area (Å²) in [6.07, 6.45) is 7.69. The predicted octanol–water partition coefficient (Wildman–Crippen LogP) is 1.42. The molecule has 2 heteroatoms. The molecule has 0 unspecified atom stereocenters. The first-order chi connectivity index (χ1) is 5.29. The third kappa shape index (κ3) is 3.73. The van der Waals surface area contributed by atoms with Crippen molar-refractivity contribution in [3.05, 3.63) is 0 Å². The molecule has 1 aliphatic carbocycles. The molecule has 11 heavy (non-hydrogen) atoms. The highest BCUT2D eigenvalue weighted by Crippen LogP contribution is 2.15. The fourth-order valence-electron chi connectivity index (χ4n) is 1.73. The Labute approximate surface area is 68.8 Å². The number of nitrogens with two attached hydrogens (primary N) is 1. The summed E-state index contributed by atoms with van der Waals surface area (Å²) < 4.78 is 0. The van der Waals surface area contributed by atoms with Crippen LogP contribution < -0.4 is 5.73 Å². The van der Waals surface area contributed by atoms with E-state index in [1.165, 1.54) is 25.7 Å². The smallest absolute Gasteiger partial charge is 0.0555 e. The molecule has 2 nitrogen and oxygen atoms in total. The molecule has 1 fully saturated rings. The van der Waals surface area contributed by atoms with E-state index in [9.17, 15) is 5.11 Å². The topological polar surface area (TPSA) is 46.2 Å². The van der Waals surface area contributed by atoms with Gasteiger partial charge in [-0.1, -0.05) is 25.7 Å². The van der Waals surface area contributed by atoms with Gasteiger partial charge in [-0.15, -0.1) is 0 Å². The van der Waals surface area contributed by atoms with Gasteiger partial charge in [-0.2, -0.15) is 0 Å². The van der Waals surface area contributed by atoms with Crippen LogP contribution in [-0.2, 0) is 0 Å². The summed E-state index contributed by atoms with van der Waals surface area (Å²) in [5.41, 5.74) is 5.80. The number of aliphatic hydroxyl groups excluding tert-OH is 1. The van der Waals surface area contributed by atoms with Crippen molar-refractivity contribution in [2.24, 2.45) is 5.73 Å². The number of rotatable bonds is 0. The Bertz CT molecular complexity index is 93.7. The van der Waals surface area contributed by atoms with Crippen LogP contribution in [0.15, 0.2) is 0 Å². The lowest BCUT2D eigenvalue weighted by Gasteiger charge is -2.13. The highest BCUT2D eigenvalue weighted by molar-refractivity contribution is 4.69. The normalized spacial score (nSPS) is 35.5. The highest BCUT2D eigenvalue weighted by atomic mass is 16.3. The van der Waals surface area contributed by atoms with Crippen LogP contribution in [0.5, 0.6) is 0 Å². The molecule has 2 atom stereocenters. The quantitative estimate of drug-likeness (QED) is 0.558. The first kappa shape index (κ1) is 9.01. The van der Waals surface area contributed by atoms with Gasteiger partial charge in [0.15, 0.2) is 0 Å². The minimum atomic E-state index is -0.136. The lowest BCUT2D eigenvalue weighted by atomic mass is 10.0. The lowest BCUT2D eigenvalue weighted by molar-refractivity contribution is 0.144. The molecule has 0 spiro atoms. The minimum absolute atomic E-state index is 0.136. The van der Waals surface area contributed by atoms with Crippen LogP contribution in [-0.4, -0.2) is 17.3 Å². The minimum Gasteiger partial charge on any atom is -0.393 e. The second-order valence-electron chi connectivity index (χ2n) is 3.64.